The summed E-state index contributed by atoms with van der Waals surface area (Å²) in [4.78, 5) is 42.3. The second-order valence-corrected chi connectivity index (χ2v) is 8.01. The maximum Gasteiger partial charge on any atom is 0.490 e. The fourth-order valence-corrected chi connectivity index (χ4v) is 3.37. The number of carboxylic acids is 1. The smallest absolute Gasteiger partial charge is 0.475 e. The molecule has 3 N–H and O–H groups in total. The standard InChI is InChI=1S/C23H22N4O2.C2HF3O2/c1-27(2)23(29)17-5-3-4-15(12-17)6-7-18-13-16(8-10-24-18)21-14-19-20(26-21)9-11-25-22(19)28;3-2(4,5)1(6)7/h3-8,10,12-14,26H,9,11H2,1-2H3,(H,25,28);(H,6,7)/b7-6+;. The molecule has 0 saturated carbocycles. The van der Waals surface area contributed by atoms with E-state index in [4.69, 9.17) is 9.90 Å². The van der Waals surface area contributed by atoms with Crippen LogP contribution in [0.5, 0.6) is 0 Å². The van der Waals surface area contributed by atoms with E-state index in [0.717, 1.165) is 34.6 Å². The summed E-state index contributed by atoms with van der Waals surface area (Å²) in [5.41, 5.74) is 5.93. The molecule has 0 spiro atoms. The van der Waals surface area contributed by atoms with Crippen molar-refractivity contribution in [1.29, 1.82) is 0 Å². The molecule has 11 heteroatoms. The summed E-state index contributed by atoms with van der Waals surface area (Å²) < 4.78 is 31.7. The third-order valence-electron chi connectivity index (χ3n) is 5.13. The molecular formula is C25H23F3N4O4. The van der Waals surface area contributed by atoms with Crippen molar-refractivity contribution >= 4 is 29.9 Å². The van der Waals surface area contributed by atoms with Crippen LogP contribution in [0, 0.1) is 0 Å². The fourth-order valence-electron chi connectivity index (χ4n) is 3.37. The fraction of sp³-hybridized carbons (Fsp3) is 0.200. The van der Waals surface area contributed by atoms with Gasteiger partial charge in [-0.3, -0.25) is 14.6 Å². The molecule has 1 aromatic carbocycles. The number of hydrogen-bond acceptors (Lipinski definition) is 4. The number of hydrogen-bond donors (Lipinski definition) is 3. The molecule has 8 nitrogen and oxygen atoms in total. The molecule has 0 atom stereocenters. The van der Waals surface area contributed by atoms with E-state index >= 15 is 0 Å². The van der Waals surface area contributed by atoms with E-state index in [1.54, 1.807) is 25.2 Å². The Hall–Kier alpha value is -4.41. The highest BCUT2D eigenvalue weighted by Crippen LogP contribution is 2.24. The number of pyridine rings is 1. The van der Waals surface area contributed by atoms with Crippen LogP contribution in [0.25, 0.3) is 23.4 Å². The minimum atomic E-state index is -5.08. The summed E-state index contributed by atoms with van der Waals surface area (Å²) in [6, 6.07) is 13.3. The number of carboxylic acid groups (broad SMARTS) is 1. The first-order valence-electron chi connectivity index (χ1n) is 10.7. The van der Waals surface area contributed by atoms with Crippen LogP contribution in [0.2, 0.25) is 0 Å². The minimum Gasteiger partial charge on any atom is -0.475 e. The number of rotatable bonds is 4. The minimum absolute atomic E-state index is 0.0277. The van der Waals surface area contributed by atoms with Crippen LogP contribution in [0.1, 0.15) is 37.7 Å². The van der Waals surface area contributed by atoms with Crippen molar-refractivity contribution < 1.29 is 32.7 Å². The molecule has 36 heavy (non-hydrogen) atoms. The van der Waals surface area contributed by atoms with Gasteiger partial charge >= 0.3 is 12.1 Å². The Labute approximate surface area is 204 Å². The van der Waals surface area contributed by atoms with Gasteiger partial charge in [0.1, 0.15) is 0 Å². The van der Waals surface area contributed by atoms with Crippen LogP contribution in [0.15, 0.2) is 48.7 Å². The Balaban J connectivity index is 0.000000454. The molecule has 3 aromatic rings. The van der Waals surface area contributed by atoms with Gasteiger partial charge in [-0.2, -0.15) is 13.2 Å². The van der Waals surface area contributed by atoms with Crippen LogP contribution >= 0.6 is 0 Å². The van der Waals surface area contributed by atoms with Gasteiger partial charge in [-0.25, -0.2) is 4.79 Å². The van der Waals surface area contributed by atoms with E-state index in [2.05, 4.69) is 15.3 Å². The van der Waals surface area contributed by atoms with Crippen LogP contribution in [0.4, 0.5) is 13.2 Å². The summed E-state index contributed by atoms with van der Waals surface area (Å²) in [6.45, 7) is 0.658. The van der Waals surface area contributed by atoms with Crippen LogP contribution in [-0.2, 0) is 11.2 Å². The lowest BCUT2D eigenvalue weighted by molar-refractivity contribution is -0.192. The van der Waals surface area contributed by atoms with Crippen molar-refractivity contribution in [3.63, 3.8) is 0 Å². The molecule has 0 unspecified atom stereocenters. The number of H-pyrrole nitrogens is 1. The number of nitrogens with one attached hydrogen (secondary N) is 2. The Kier molecular flexibility index (Phi) is 7.93. The number of aromatic amines is 1. The van der Waals surface area contributed by atoms with Crippen LogP contribution in [0.3, 0.4) is 0 Å². The highest BCUT2D eigenvalue weighted by atomic mass is 19.4. The van der Waals surface area contributed by atoms with Gasteiger partial charge in [0, 0.05) is 55.8 Å². The summed E-state index contributed by atoms with van der Waals surface area (Å²) in [7, 11) is 3.48. The molecule has 2 amide bonds. The number of fused-ring (bicyclic) bond motifs is 1. The largest absolute Gasteiger partial charge is 0.490 e. The zero-order valence-electron chi connectivity index (χ0n) is 19.4. The van der Waals surface area contributed by atoms with Crippen molar-refractivity contribution in [2.75, 3.05) is 20.6 Å². The van der Waals surface area contributed by atoms with Gasteiger partial charge < -0.3 is 20.3 Å². The number of carbonyl (C=O) groups excluding carboxylic acids is 2. The first-order chi connectivity index (χ1) is 17.0. The van der Waals surface area contributed by atoms with E-state index in [1.165, 1.54) is 0 Å². The third kappa shape index (κ3) is 6.59. The van der Waals surface area contributed by atoms with Crippen molar-refractivity contribution in [3.05, 3.63) is 76.7 Å². The highest BCUT2D eigenvalue weighted by molar-refractivity contribution is 5.98. The van der Waals surface area contributed by atoms with Gasteiger partial charge in [0.2, 0.25) is 0 Å². The van der Waals surface area contributed by atoms with Crippen LogP contribution < -0.4 is 5.32 Å². The average Bonchev–Trinajstić information content (AvgIpc) is 3.28. The quantitative estimate of drug-likeness (QED) is 0.503. The lowest BCUT2D eigenvalue weighted by Crippen LogP contribution is -2.31. The molecule has 0 bridgehead atoms. The Morgan fingerprint density at radius 2 is 1.83 bits per heavy atom. The normalized spacial score (nSPS) is 12.9. The monoisotopic (exact) mass is 500 g/mol. The summed E-state index contributed by atoms with van der Waals surface area (Å²) in [5, 5.41) is 9.99. The number of nitrogens with zero attached hydrogens (tertiary/aromatic N) is 2. The first-order valence-corrected chi connectivity index (χ1v) is 10.7. The summed E-state index contributed by atoms with van der Waals surface area (Å²) >= 11 is 0. The molecule has 4 rings (SSSR count). The van der Waals surface area contributed by atoms with Crippen molar-refractivity contribution in [1.82, 2.24) is 20.2 Å². The SMILES string of the molecule is CN(C)C(=O)c1cccc(/C=C/c2cc(-c3cc4c([nH]3)CCNC4=O)ccn2)c1.O=C(O)C(F)(F)F. The molecule has 1 aliphatic rings. The van der Waals surface area contributed by atoms with E-state index < -0.39 is 12.1 Å². The number of halogens is 3. The number of carbonyl (C=O) groups is 3. The molecule has 0 radical (unpaired) electrons. The van der Waals surface area contributed by atoms with Gasteiger partial charge in [0.25, 0.3) is 11.8 Å². The third-order valence-corrected chi connectivity index (χ3v) is 5.13. The lowest BCUT2D eigenvalue weighted by Gasteiger charge is -2.10. The van der Waals surface area contributed by atoms with E-state index in [-0.39, 0.29) is 11.8 Å². The maximum absolute atomic E-state index is 12.1. The number of aromatic nitrogens is 2. The van der Waals surface area contributed by atoms with Gasteiger partial charge in [-0.1, -0.05) is 18.2 Å². The molecular weight excluding hydrogens is 477 g/mol. The second-order valence-electron chi connectivity index (χ2n) is 8.01. The van der Waals surface area contributed by atoms with E-state index in [9.17, 15) is 22.8 Å². The Bertz CT molecular complexity index is 1310. The van der Waals surface area contributed by atoms with E-state index in [1.807, 2.05) is 54.6 Å². The molecule has 0 fully saturated rings. The molecule has 2 aromatic heterocycles. The molecule has 0 aliphatic carbocycles. The number of benzene rings is 1. The Morgan fingerprint density at radius 3 is 2.47 bits per heavy atom. The second kappa shape index (κ2) is 10.9. The zero-order valence-corrected chi connectivity index (χ0v) is 19.4. The predicted molar refractivity (Wildman–Crippen MR) is 127 cm³/mol. The highest BCUT2D eigenvalue weighted by Gasteiger charge is 2.38. The first kappa shape index (κ1) is 26.2. The van der Waals surface area contributed by atoms with Gasteiger partial charge in [-0.15, -0.1) is 0 Å². The van der Waals surface area contributed by atoms with E-state index in [0.29, 0.717) is 17.7 Å². The molecule has 0 saturated heterocycles. The lowest BCUT2D eigenvalue weighted by atomic mass is 10.1. The molecule has 188 valence electrons. The predicted octanol–water partition coefficient (Wildman–Crippen LogP) is 3.87. The number of aliphatic carboxylic acids is 1. The van der Waals surface area contributed by atoms with Gasteiger partial charge in [0.15, 0.2) is 0 Å². The zero-order chi connectivity index (χ0) is 26.5. The summed E-state index contributed by atoms with van der Waals surface area (Å²) in [6.07, 6.45) is 1.33. The van der Waals surface area contributed by atoms with Gasteiger partial charge in [0.05, 0.1) is 11.3 Å². The molecule has 3 heterocycles. The van der Waals surface area contributed by atoms with Crippen molar-refractivity contribution in [3.8, 4) is 11.3 Å². The Morgan fingerprint density at radius 1 is 1.11 bits per heavy atom. The van der Waals surface area contributed by atoms with Crippen molar-refractivity contribution in [2.24, 2.45) is 0 Å². The molecule has 1 aliphatic heterocycles. The van der Waals surface area contributed by atoms with Gasteiger partial charge in [-0.05, 0) is 42.0 Å². The number of amides is 2. The summed E-state index contributed by atoms with van der Waals surface area (Å²) in [5.74, 6) is -2.82. The maximum atomic E-state index is 12.1. The average molecular weight is 500 g/mol. The number of alkyl halides is 3. The topological polar surface area (TPSA) is 115 Å². The van der Waals surface area contributed by atoms with Crippen LogP contribution in [-0.4, -0.2) is 64.6 Å². The van der Waals surface area contributed by atoms with Crippen molar-refractivity contribution in [2.45, 2.75) is 12.6 Å².